The summed E-state index contributed by atoms with van der Waals surface area (Å²) in [5.74, 6) is 0. The van der Waals surface area contributed by atoms with Crippen molar-refractivity contribution in [1.82, 2.24) is 0 Å². The number of nitrogens with zero attached hydrogens (tertiary/aromatic N) is 1. The Morgan fingerprint density at radius 3 is 1.58 bits per heavy atom. The van der Waals surface area contributed by atoms with E-state index in [9.17, 15) is 0 Å². The molecular formula is C63H43NO2Si. The van der Waals surface area contributed by atoms with Crippen molar-refractivity contribution >= 4 is 89.8 Å². The molecule has 67 heavy (non-hydrogen) atoms. The van der Waals surface area contributed by atoms with Crippen LogP contribution in [0.5, 0.6) is 0 Å². The van der Waals surface area contributed by atoms with Crippen molar-refractivity contribution in [1.29, 1.82) is 0 Å². The van der Waals surface area contributed by atoms with Gasteiger partial charge in [0, 0.05) is 50.1 Å². The summed E-state index contributed by atoms with van der Waals surface area (Å²) in [4.78, 5) is 2.38. The normalized spacial score (nSPS) is 14.1. The smallest absolute Gasteiger partial charge is 0.181 e. The van der Waals surface area contributed by atoms with Gasteiger partial charge in [-0.05, 0) is 120 Å². The monoisotopic (exact) mass is 873 g/mol. The molecule has 0 bridgehead atoms. The second-order valence-electron chi connectivity index (χ2n) is 18.8. The van der Waals surface area contributed by atoms with E-state index in [2.05, 4.69) is 237 Å². The molecule has 0 atom stereocenters. The van der Waals surface area contributed by atoms with Crippen LogP contribution in [-0.2, 0) is 5.41 Å². The quantitative estimate of drug-likeness (QED) is 0.156. The molecule has 4 heteroatoms. The molecule has 2 aromatic heterocycles. The highest BCUT2D eigenvalue weighted by Gasteiger charge is 2.49. The molecule has 0 amide bonds. The molecule has 3 nitrogen and oxygen atoms in total. The Balaban J connectivity index is 0.915. The summed E-state index contributed by atoms with van der Waals surface area (Å²) in [5.41, 5.74) is 17.0. The van der Waals surface area contributed by atoms with Gasteiger partial charge < -0.3 is 13.7 Å². The van der Waals surface area contributed by atoms with Gasteiger partial charge in [0.25, 0.3) is 0 Å². The van der Waals surface area contributed by atoms with Crippen LogP contribution in [0.2, 0.25) is 0 Å². The van der Waals surface area contributed by atoms with Crippen molar-refractivity contribution in [2.45, 2.75) is 19.3 Å². The van der Waals surface area contributed by atoms with E-state index in [1.54, 1.807) is 0 Å². The third kappa shape index (κ3) is 5.45. The van der Waals surface area contributed by atoms with Gasteiger partial charge in [-0.3, -0.25) is 0 Å². The molecule has 1 aliphatic heterocycles. The Morgan fingerprint density at radius 2 is 0.866 bits per heavy atom. The van der Waals surface area contributed by atoms with Crippen LogP contribution in [0.4, 0.5) is 17.1 Å². The lowest BCUT2D eigenvalue weighted by atomic mass is 9.82. The Morgan fingerprint density at radius 1 is 0.343 bits per heavy atom. The first-order valence-corrected chi connectivity index (χ1v) is 25.2. The summed E-state index contributed by atoms with van der Waals surface area (Å²) in [6.07, 6.45) is 0. The second kappa shape index (κ2) is 14.2. The van der Waals surface area contributed by atoms with E-state index in [1.165, 1.54) is 65.3 Å². The summed E-state index contributed by atoms with van der Waals surface area (Å²) < 4.78 is 13.1. The van der Waals surface area contributed by atoms with E-state index in [0.29, 0.717) is 0 Å². The maximum absolute atomic E-state index is 6.59. The van der Waals surface area contributed by atoms with Crippen LogP contribution in [0.1, 0.15) is 25.0 Å². The lowest BCUT2D eigenvalue weighted by Crippen LogP contribution is -2.72. The largest absolute Gasteiger partial charge is 0.456 e. The van der Waals surface area contributed by atoms with Crippen LogP contribution in [-0.4, -0.2) is 8.07 Å². The number of anilines is 3. The molecular weight excluding hydrogens is 831 g/mol. The first-order chi connectivity index (χ1) is 32.9. The van der Waals surface area contributed by atoms with E-state index in [0.717, 1.165) is 60.9 Å². The molecule has 2 aliphatic rings. The fourth-order valence-electron chi connectivity index (χ4n) is 11.9. The lowest BCUT2D eigenvalue weighted by molar-refractivity contribution is 0.660. The van der Waals surface area contributed by atoms with Gasteiger partial charge in [-0.15, -0.1) is 0 Å². The Bertz CT molecular complexity index is 3940. The highest BCUT2D eigenvalue weighted by atomic mass is 28.3. The van der Waals surface area contributed by atoms with E-state index < -0.39 is 8.07 Å². The van der Waals surface area contributed by atoms with Crippen molar-refractivity contribution in [3.8, 4) is 33.4 Å². The highest BCUT2D eigenvalue weighted by Crippen LogP contribution is 2.51. The number of furan rings is 2. The molecule has 316 valence electrons. The van der Waals surface area contributed by atoms with Crippen molar-refractivity contribution < 1.29 is 8.83 Å². The van der Waals surface area contributed by atoms with Crippen LogP contribution in [0, 0.1) is 0 Å². The van der Waals surface area contributed by atoms with E-state index >= 15 is 0 Å². The molecule has 12 aromatic rings. The fourth-order valence-corrected chi connectivity index (χ4v) is 17.1. The molecule has 3 heterocycles. The maximum Gasteiger partial charge on any atom is 0.181 e. The number of rotatable bonds is 6. The van der Waals surface area contributed by atoms with Crippen LogP contribution >= 0.6 is 0 Å². The molecule has 0 saturated heterocycles. The van der Waals surface area contributed by atoms with Crippen LogP contribution in [0.3, 0.4) is 0 Å². The summed E-state index contributed by atoms with van der Waals surface area (Å²) in [7, 11) is -2.83. The van der Waals surface area contributed by atoms with Gasteiger partial charge >= 0.3 is 0 Å². The average Bonchev–Trinajstić information content (AvgIpc) is 4.09. The van der Waals surface area contributed by atoms with Gasteiger partial charge in [0.2, 0.25) is 0 Å². The van der Waals surface area contributed by atoms with Crippen molar-refractivity contribution in [2.24, 2.45) is 0 Å². The van der Waals surface area contributed by atoms with Gasteiger partial charge in [0.15, 0.2) is 8.07 Å². The van der Waals surface area contributed by atoms with Crippen LogP contribution in [0.15, 0.2) is 233 Å². The Hall–Kier alpha value is -8.18. The van der Waals surface area contributed by atoms with E-state index in [-0.39, 0.29) is 5.41 Å². The molecule has 0 saturated carbocycles. The van der Waals surface area contributed by atoms with E-state index in [1.807, 2.05) is 6.07 Å². The number of fused-ring (bicyclic) bond motifs is 12. The van der Waals surface area contributed by atoms with E-state index in [4.69, 9.17) is 8.83 Å². The van der Waals surface area contributed by atoms with Gasteiger partial charge in [-0.1, -0.05) is 178 Å². The van der Waals surface area contributed by atoms with Crippen LogP contribution < -0.4 is 25.6 Å². The Labute approximate surface area is 389 Å². The molecule has 0 radical (unpaired) electrons. The van der Waals surface area contributed by atoms with Gasteiger partial charge in [0.05, 0.1) is 0 Å². The van der Waals surface area contributed by atoms with Gasteiger partial charge in [-0.25, -0.2) is 0 Å². The second-order valence-corrected chi connectivity index (χ2v) is 22.5. The predicted molar refractivity (Wildman–Crippen MR) is 281 cm³/mol. The van der Waals surface area contributed by atoms with Gasteiger partial charge in [0.1, 0.15) is 22.3 Å². The topological polar surface area (TPSA) is 29.5 Å². The lowest BCUT2D eigenvalue weighted by Gasteiger charge is -2.31. The number of para-hydroxylation sites is 2. The highest BCUT2D eigenvalue weighted by molar-refractivity contribution is 7.22. The fraction of sp³-hybridized carbons (Fsp3) is 0.0476. The van der Waals surface area contributed by atoms with Crippen molar-refractivity contribution in [3.63, 3.8) is 0 Å². The Kier molecular flexibility index (Phi) is 8.06. The number of hydrogen-bond donors (Lipinski definition) is 0. The predicted octanol–water partition coefficient (Wildman–Crippen LogP) is 14.3. The summed E-state index contributed by atoms with van der Waals surface area (Å²) in [6.45, 7) is 4.70. The molecule has 0 N–H and O–H groups in total. The molecule has 0 fully saturated rings. The zero-order chi connectivity index (χ0) is 44.4. The zero-order valence-corrected chi connectivity index (χ0v) is 38.1. The van der Waals surface area contributed by atoms with Gasteiger partial charge in [-0.2, -0.15) is 0 Å². The first-order valence-electron chi connectivity index (χ1n) is 23.2. The zero-order valence-electron chi connectivity index (χ0n) is 37.1. The molecule has 0 spiro atoms. The average molecular weight is 874 g/mol. The third-order valence-electron chi connectivity index (χ3n) is 15.0. The molecule has 10 aromatic carbocycles. The minimum absolute atomic E-state index is 0.135. The van der Waals surface area contributed by atoms with Crippen LogP contribution in [0.25, 0.3) is 77.3 Å². The molecule has 1 aliphatic carbocycles. The van der Waals surface area contributed by atoms with Crippen molar-refractivity contribution in [3.05, 3.63) is 236 Å². The minimum atomic E-state index is -2.83. The standard InChI is InChI=1S/C63H43NO2Si/c1-63(2)55-21-8-3-16-47(55)48-33-30-43(37-56(48)63)64(44-31-34-51-49-17-4-9-22-57(49)65-59(51)38-44)42-28-26-40(27-29-42)41-14-13-15-45(36-41)67(61-24-11-6-19-53(61)54-20-7-12-25-62(54)67)46-32-35-52-50-18-5-10-23-58(50)66-60(52)39-46/h3-39H,1-2H3. The summed E-state index contributed by atoms with van der Waals surface area (Å²) in [5, 5.41) is 10.0. The molecule has 14 rings (SSSR count). The number of benzene rings is 10. The van der Waals surface area contributed by atoms with Crippen molar-refractivity contribution in [2.75, 3.05) is 4.90 Å². The SMILES string of the molecule is CC1(C)c2ccccc2-c2ccc(N(c3ccc(-c4cccc([Si]5(c6ccc7c(c6)oc6ccccc67)c6ccccc6-c6ccccc65)c4)cc3)c3ccc4c(c3)oc3ccccc34)cc21. The summed E-state index contributed by atoms with van der Waals surface area (Å²) in [6, 6.07) is 82.9. The number of hydrogen-bond acceptors (Lipinski definition) is 3. The minimum Gasteiger partial charge on any atom is -0.456 e. The first kappa shape index (κ1) is 38.1. The third-order valence-corrected chi connectivity index (χ3v) is 19.8. The molecule has 0 unspecified atom stereocenters. The summed E-state index contributed by atoms with van der Waals surface area (Å²) >= 11 is 0. The maximum atomic E-state index is 6.59.